The Morgan fingerprint density at radius 2 is 2.10 bits per heavy atom. The Kier molecular flexibility index (Phi) is 3.52. The first kappa shape index (κ1) is 12.9. The van der Waals surface area contributed by atoms with Gasteiger partial charge in [-0.05, 0) is 49.2 Å². The van der Waals surface area contributed by atoms with Crippen molar-refractivity contribution in [1.29, 1.82) is 0 Å². The van der Waals surface area contributed by atoms with Crippen molar-refractivity contribution in [2.45, 2.75) is 25.9 Å². The maximum atomic E-state index is 10.3. The molecule has 1 N–H and O–H groups in total. The zero-order valence-corrected chi connectivity index (χ0v) is 11.4. The van der Waals surface area contributed by atoms with Crippen LogP contribution in [-0.4, -0.2) is 10.1 Å². The number of rotatable bonds is 4. The molecule has 0 aliphatic carbocycles. The van der Waals surface area contributed by atoms with Crippen molar-refractivity contribution < 1.29 is 9.52 Å². The van der Waals surface area contributed by atoms with Gasteiger partial charge in [-0.3, -0.25) is 4.98 Å². The number of aromatic nitrogens is 1. The molecular weight excluding hydrogens is 250 g/mol. The number of nitrogens with zero attached hydrogens (tertiary/aromatic N) is 1. The number of hydrogen-bond acceptors (Lipinski definition) is 3. The molecule has 1 atom stereocenters. The molecular formula is C17H17NO2. The summed E-state index contributed by atoms with van der Waals surface area (Å²) in [6.07, 6.45) is 2.56. The van der Waals surface area contributed by atoms with Crippen molar-refractivity contribution in [3.05, 3.63) is 65.7 Å². The summed E-state index contributed by atoms with van der Waals surface area (Å²) in [6.45, 7) is 1.98. The average molecular weight is 267 g/mol. The van der Waals surface area contributed by atoms with E-state index in [1.165, 1.54) is 0 Å². The van der Waals surface area contributed by atoms with Crippen LogP contribution in [0.1, 0.15) is 29.5 Å². The summed E-state index contributed by atoms with van der Waals surface area (Å²) in [5.74, 6) is 0.905. The zero-order valence-electron chi connectivity index (χ0n) is 11.4. The van der Waals surface area contributed by atoms with Crippen LogP contribution in [0, 0.1) is 6.92 Å². The van der Waals surface area contributed by atoms with E-state index in [2.05, 4.69) is 4.98 Å². The highest BCUT2D eigenvalue weighted by Gasteiger charge is 2.09. The largest absolute Gasteiger partial charge is 0.469 e. The summed E-state index contributed by atoms with van der Waals surface area (Å²) < 4.78 is 5.28. The van der Waals surface area contributed by atoms with E-state index in [0.29, 0.717) is 6.42 Å². The molecule has 20 heavy (non-hydrogen) atoms. The summed E-state index contributed by atoms with van der Waals surface area (Å²) in [5, 5.41) is 11.3. The molecule has 0 radical (unpaired) electrons. The summed E-state index contributed by atoms with van der Waals surface area (Å²) >= 11 is 0. The smallest absolute Gasteiger partial charge is 0.103 e. The van der Waals surface area contributed by atoms with Crippen LogP contribution < -0.4 is 0 Å². The van der Waals surface area contributed by atoms with Crippen molar-refractivity contribution in [2.75, 3.05) is 0 Å². The average Bonchev–Trinajstić information content (AvgIpc) is 2.97. The Hall–Kier alpha value is -2.13. The number of aryl methyl sites for hydroxylation is 2. The van der Waals surface area contributed by atoms with E-state index in [4.69, 9.17) is 4.42 Å². The van der Waals surface area contributed by atoms with Crippen molar-refractivity contribution in [3.8, 4) is 0 Å². The van der Waals surface area contributed by atoms with Gasteiger partial charge in [0.15, 0.2) is 0 Å². The van der Waals surface area contributed by atoms with Crippen molar-refractivity contribution in [2.24, 2.45) is 0 Å². The molecule has 3 rings (SSSR count). The molecule has 0 saturated carbocycles. The highest BCUT2D eigenvalue weighted by molar-refractivity contribution is 5.79. The molecule has 2 aromatic heterocycles. The Morgan fingerprint density at radius 3 is 2.90 bits per heavy atom. The summed E-state index contributed by atoms with van der Waals surface area (Å²) in [7, 11) is 0. The van der Waals surface area contributed by atoms with Gasteiger partial charge in [0.25, 0.3) is 0 Å². The van der Waals surface area contributed by atoms with Crippen LogP contribution in [0.25, 0.3) is 10.9 Å². The van der Waals surface area contributed by atoms with Crippen molar-refractivity contribution in [1.82, 2.24) is 4.98 Å². The lowest BCUT2D eigenvalue weighted by atomic mass is 10.0. The predicted octanol–water partition coefficient (Wildman–Crippen LogP) is 3.80. The molecule has 1 aromatic carbocycles. The van der Waals surface area contributed by atoms with Gasteiger partial charge in [-0.25, -0.2) is 0 Å². The first-order valence-electron chi connectivity index (χ1n) is 6.80. The number of aliphatic hydroxyl groups is 1. The van der Waals surface area contributed by atoms with Gasteiger partial charge in [-0.15, -0.1) is 0 Å². The Labute approximate surface area is 117 Å². The van der Waals surface area contributed by atoms with Crippen LogP contribution in [0.3, 0.4) is 0 Å². The van der Waals surface area contributed by atoms with Gasteiger partial charge in [0.1, 0.15) is 5.76 Å². The first-order valence-corrected chi connectivity index (χ1v) is 6.80. The molecule has 0 spiro atoms. The minimum Gasteiger partial charge on any atom is -0.469 e. The summed E-state index contributed by atoms with van der Waals surface area (Å²) in [6, 6.07) is 13.7. The van der Waals surface area contributed by atoms with Crippen LogP contribution in [-0.2, 0) is 6.42 Å². The fourth-order valence-corrected chi connectivity index (χ4v) is 2.35. The number of aliphatic hydroxyl groups excluding tert-OH is 1. The van der Waals surface area contributed by atoms with E-state index in [-0.39, 0.29) is 0 Å². The minimum atomic E-state index is -0.481. The molecule has 1 unspecified atom stereocenters. The number of fused-ring (bicyclic) bond motifs is 1. The Morgan fingerprint density at radius 1 is 1.20 bits per heavy atom. The van der Waals surface area contributed by atoms with Gasteiger partial charge < -0.3 is 9.52 Å². The fourth-order valence-electron chi connectivity index (χ4n) is 2.35. The Bertz CT molecular complexity index is 704. The third-order valence-electron chi connectivity index (χ3n) is 3.48. The highest BCUT2D eigenvalue weighted by Crippen LogP contribution is 2.23. The van der Waals surface area contributed by atoms with E-state index in [9.17, 15) is 5.11 Å². The lowest BCUT2D eigenvalue weighted by Gasteiger charge is -2.11. The molecule has 0 saturated heterocycles. The molecule has 2 heterocycles. The maximum Gasteiger partial charge on any atom is 0.103 e. The lowest BCUT2D eigenvalue weighted by Crippen LogP contribution is -1.99. The van der Waals surface area contributed by atoms with Crippen LogP contribution in [0.4, 0.5) is 0 Å². The molecule has 0 aliphatic rings. The number of furan rings is 1. The third kappa shape index (κ3) is 2.73. The highest BCUT2D eigenvalue weighted by atomic mass is 16.3. The SMILES string of the molecule is Cc1ccc2cc(C(O)CCc3ccco3)ccc2n1. The van der Waals surface area contributed by atoms with Gasteiger partial charge >= 0.3 is 0 Å². The Balaban J connectivity index is 1.77. The van der Waals surface area contributed by atoms with Crippen LogP contribution in [0.5, 0.6) is 0 Å². The molecule has 3 heteroatoms. The van der Waals surface area contributed by atoms with Gasteiger partial charge in [0.05, 0.1) is 17.9 Å². The normalized spacial score (nSPS) is 12.7. The molecule has 0 aliphatic heterocycles. The predicted molar refractivity (Wildman–Crippen MR) is 78.5 cm³/mol. The monoisotopic (exact) mass is 267 g/mol. The number of pyridine rings is 1. The topological polar surface area (TPSA) is 46.3 Å². The van der Waals surface area contributed by atoms with Crippen molar-refractivity contribution >= 4 is 10.9 Å². The van der Waals surface area contributed by atoms with Gasteiger partial charge in [0, 0.05) is 17.5 Å². The minimum absolute atomic E-state index is 0.481. The van der Waals surface area contributed by atoms with E-state index >= 15 is 0 Å². The maximum absolute atomic E-state index is 10.3. The number of hydrogen-bond donors (Lipinski definition) is 1. The second-order valence-corrected chi connectivity index (χ2v) is 5.04. The second-order valence-electron chi connectivity index (χ2n) is 5.04. The van der Waals surface area contributed by atoms with Crippen LogP contribution in [0.2, 0.25) is 0 Å². The van der Waals surface area contributed by atoms with Crippen LogP contribution >= 0.6 is 0 Å². The summed E-state index contributed by atoms with van der Waals surface area (Å²) in [4.78, 5) is 4.47. The van der Waals surface area contributed by atoms with E-state index < -0.39 is 6.10 Å². The van der Waals surface area contributed by atoms with Crippen molar-refractivity contribution in [3.63, 3.8) is 0 Å². The van der Waals surface area contributed by atoms with Gasteiger partial charge in [0.2, 0.25) is 0 Å². The van der Waals surface area contributed by atoms with Gasteiger partial charge in [-0.2, -0.15) is 0 Å². The summed E-state index contributed by atoms with van der Waals surface area (Å²) in [5.41, 5.74) is 2.89. The quantitative estimate of drug-likeness (QED) is 0.782. The standard InChI is InChI=1S/C17H17NO2/c1-12-4-5-13-11-14(6-8-16(13)18-12)17(19)9-7-15-3-2-10-20-15/h2-6,8,10-11,17,19H,7,9H2,1H3. The molecule has 0 bridgehead atoms. The fraction of sp³-hybridized carbons (Fsp3) is 0.235. The first-order chi connectivity index (χ1) is 9.72. The lowest BCUT2D eigenvalue weighted by molar-refractivity contribution is 0.165. The molecule has 3 aromatic rings. The number of benzene rings is 1. The molecule has 3 nitrogen and oxygen atoms in total. The second kappa shape index (κ2) is 5.47. The zero-order chi connectivity index (χ0) is 13.9. The third-order valence-corrected chi connectivity index (χ3v) is 3.48. The van der Waals surface area contributed by atoms with E-state index in [0.717, 1.165) is 34.3 Å². The van der Waals surface area contributed by atoms with Gasteiger partial charge in [-0.1, -0.05) is 12.1 Å². The molecule has 0 amide bonds. The molecule has 102 valence electrons. The van der Waals surface area contributed by atoms with E-state index in [1.807, 2.05) is 49.4 Å². The molecule has 0 fully saturated rings. The van der Waals surface area contributed by atoms with Crippen LogP contribution in [0.15, 0.2) is 53.1 Å². The van der Waals surface area contributed by atoms with E-state index in [1.54, 1.807) is 6.26 Å².